The van der Waals surface area contributed by atoms with Gasteiger partial charge in [0, 0.05) is 16.7 Å². The van der Waals surface area contributed by atoms with E-state index in [1.54, 1.807) is 0 Å². The van der Waals surface area contributed by atoms with E-state index in [-0.39, 0.29) is 0 Å². The fraction of sp³-hybridized carbons (Fsp3) is 0.600. The molecule has 0 aliphatic heterocycles. The van der Waals surface area contributed by atoms with Crippen LogP contribution in [0.3, 0.4) is 0 Å². The molecule has 4 nitrogen and oxygen atoms in total. The van der Waals surface area contributed by atoms with Gasteiger partial charge in [0.1, 0.15) is 5.52 Å². The number of anilines is 1. The van der Waals surface area contributed by atoms with Crippen LogP contribution in [0.2, 0.25) is 0 Å². The molecular formula is C15H21BrN4. The minimum atomic E-state index is 0.425. The molecular weight excluding hydrogens is 316 g/mol. The lowest BCUT2D eigenvalue weighted by Gasteiger charge is -2.31. The Morgan fingerprint density at radius 1 is 1.40 bits per heavy atom. The Morgan fingerprint density at radius 3 is 2.85 bits per heavy atom. The molecule has 2 aromatic heterocycles. The Labute approximate surface area is 127 Å². The number of hydrogen-bond acceptors (Lipinski definition) is 3. The molecule has 1 fully saturated rings. The van der Waals surface area contributed by atoms with Crippen molar-refractivity contribution in [3.05, 3.63) is 16.7 Å². The lowest BCUT2D eigenvalue weighted by atomic mass is 9.83. The minimum Gasteiger partial charge on any atom is -0.369 e. The zero-order valence-electron chi connectivity index (χ0n) is 11.8. The van der Waals surface area contributed by atoms with Crippen LogP contribution in [0.25, 0.3) is 11.2 Å². The van der Waals surface area contributed by atoms with Crippen LogP contribution in [0.5, 0.6) is 0 Å². The first-order valence-corrected chi connectivity index (χ1v) is 8.29. The Bertz CT molecular complexity index is 601. The minimum absolute atomic E-state index is 0.425. The third-order valence-electron chi connectivity index (χ3n) is 4.47. The van der Waals surface area contributed by atoms with Crippen molar-refractivity contribution < 1.29 is 0 Å². The highest BCUT2D eigenvalue weighted by Gasteiger charge is 2.27. The summed E-state index contributed by atoms with van der Waals surface area (Å²) in [7, 11) is 0. The van der Waals surface area contributed by atoms with Gasteiger partial charge in [-0.15, -0.1) is 0 Å². The lowest BCUT2D eigenvalue weighted by Crippen LogP contribution is -2.22. The van der Waals surface area contributed by atoms with Crippen molar-refractivity contribution in [3.8, 4) is 0 Å². The first-order chi connectivity index (χ1) is 9.70. The van der Waals surface area contributed by atoms with Crippen molar-refractivity contribution in [2.24, 2.45) is 5.92 Å². The van der Waals surface area contributed by atoms with Crippen LogP contribution < -0.4 is 5.73 Å². The zero-order chi connectivity index (χ0) is 14.1. The van der Waals surface area contributed by atoms with Gasteiger partial charge in [-0.1, -0.05) is 26.2 Å². The maximum atomic E-state index is 6.18. The van der Waals surface area contributed by atoms with Crippen LogP contribution in [-0.4, -0.2) is 14.5 Å². The summed E-state index contributed by atoms with van der Waals surface area (Å²) in [6.07, 6.45) is 9.56. The van der Waals surface area contributed by atoms with E-state index in [2.05, 4.69) is 37.4 Å². The molecule has 1 aliphatic rings. The van der Waals surface area contributed by atoms with Gasteiger partial charge < -0.3 is 5.73 Å². The molecule has 1 saturated carbocycles. The number of nitrogens with zero attached hydrogens (tertiary/aromatic N) is 3. The van der Waals surface area contributed by atoms with Crippen LogP contribution in [0, 0.1) is 5.92 Å². The SMILES string of the molecule is CCC(C1CCCCC1)n1c(N)nc2cc(Br)cnc21. The molecule has 0 bridgehead atoms. The molecule has 2 N–H and O–H groups in total. The number of pyridine rings is 1. The number of aromatic nitrogens is 3. The van der Waals surface area contributed by atoms with Gasteiger partial charge in [0.05, 0.1) is 0 Å². The molecule has 0 amide bonds. The molecule has 1 aliphatic carbocycles. The largest absolute Gasteiger partial charge is 0.369 e. The molecule has 5 heteroatoms. The summed E-state index contributed by atoms with van der Waals surface area (Å²) >= 11 is 3.44. The van der Waals surface area contributed by atoms with Crippen molar-refractivity contribution in [2.75, 3.05) is 5.73 Å². The molecule has 3 rings (SSSR count). The summed E-state index contributed by atoms with van der Waals surface area (Å²) in [5.41, 5.74) is 7.98. The second-order valence-corrected chi connectivity index (χ2v) is 6.63. The van der Waals surface area contributed by atoms with Crippen molar-refractivity contribution in [1.82, 2.24) is 14.5 Å². The van der Waals surface area contributed by atoms with E-state index in [1.165, 1.54) is 32.1 Å². The Hall–Kier alpha value is -1.10. The normalized spacial score (nSPS) is 18.5. The number of fused-ring (bicyclic) bond motifs is 1. The molecule has 1 atom stereocenters. The van der Waals surface area contributed by atoms with Gasteiger partial charge in [-0.05, 0) is 47.2 Å². The van der Waals surface area contributed by atoms with Crippen LogP contribution in [0.15, 0.2) is 16.7 Å². The maximum absolute atomic E-state index is 6.18. The van der Waals surface area contributed by atoms with Gasteiger partial charge >= 0.3 is 0 Å². The summed E-state index contributed by atoms with van der Waals surface area (Å²) in [5.74, 6) is 1.31. The van der Waals surface area contributed by atoms with Gasteiger partial charge in [-0.2, -0.15) is 0 Å². The third-order valence-corrected chi connectivity index (χ3v) is 4.90. The molecule has 20 heavy (non-hydrogen) atoms. The quantitative estimate of drug-likeness (QED) is 0.908. The predicted molar refractivity (Wildman–Crippen MR) is 85.5 cm³/mol. The van der Waals surface area contributed by atoms with Crippen molar-refractivity contribution in [2.45, 2.75) is 51.5 Å². The van der Waals surface area contributed by atoms with E-state index < -0.39 is 0 Å². The number of nitrogens with two attached hydrogens (primary N) is 1. The van der Waals surface area contributed by atoms with Crippen LogP contribution in [0.4, 0.5) is 5.95 Å². The van der Waals surface area contributed by atoms with Gasteiger partial charge in [-0.25, -0.2) is 9.97 Å². The van der Waals surface area contributed by atoms with E-state index in [0.29, 0.717) is 17.9 Å². The molecule has 2 aromatic rings. The zero-order valence-corrected chi connectivity index (χ0v) is 13.4. The van der Waals surface area contributed by atoms with Crippen LogP contribution in [-0.2, 0) is 0 Å². The summed E-state index contributed by atoms with van der Waals surface area (Å²) in [4.78, 5) is 9.02. The van der Waals surface area contributed by atoms with Crippen molar-refractivity contribution in [3.63, 3.8) is 0 Å². The third kappa shape index (κ3) is 2.43. The molecule has 0 saturated heterocycles. The topological polar surface area (TPSA) is 56.7 Å². The predicted octanol–water partition coefficient (Wildman–Crippen LogP) is 4.31. The molecule has 1 unspecified atom stereocenters. The van der Waals surface area contributed by atoms with E-state index in [9.17, 15) is 0 Å². The first kappa shape index (κ1) is 13.9. The van der Waals surface area contributed by atoms with Crippen molar-refractivity contribution in [1.29, 1.82) is 0 Å². The number of rotatable bonds is 3. The monoisotopic (exact) mass is 336 g/mol. The highest BCUT2D eigenvalue weighted by Crippen LogP contribution is 2.37. The average molecular weight is 337 g/mol. The van der Waals surface area contributed by atoms with Gasteiger partial charge in [0.2, 0.25) is 5.95 Å². The highest BCUT2D eigenvalue weighted by atomic mass is 79.9. The Morgan fingerprint density at radius 2 is 2.15 bits per heavy atom. The Kier molecular flexibility index (Phi) is 3.96. The highest BCUT2D eigenvalue weighted by molar-refractivity contribution is 9.10. The molecule has 2 heterocycles. The summed E-state index contributed by atoms with van der Waals surface area (Å²) in [6.45, 7) is 2.24. The van der Waals surface area contributed by atoms with Gasteiger partial charge in [0.15, 0.2) is 5.65 Å². The molecule has 0 aromatic carbocycles. The average Bonchev–Trinajstić information content (AvgIpc) is 2.77. The number of imidazole rings is 1. The number of halogens is 1. The van der Waals surface area contributed by atoms with Gasteiger partial charge in [-0.3, -0.25) is 4.57 Å². The fourth-order valence-corrected chi connectivity index (χ4v) is 3.87. The van der Waals surface area contributed by atoms with Crippen LogP contribution in [0.1, 0.15) is 51.5 Å². The summed E-state index contributed by atoms with van der Waals surface area (Å²) < 4.78 is 3.11. The standard InChI is InChI=1S/C15H21BrN4/c1-2-13(10-6-4-3-5-7-10)20-14-12(19-15(20)17)8-11(16)9-18-14/h8-10,13H,2-7H2,1H3,(H2,17,19). The van der Waals surface area contributed by atoms with E-state index >= 15 is 0 Å². The van der Waals surface area contributed by atoms with Crippen LogP contribution >= 0.6 is 15.9 Å². The summed E-state index contributed by atoms with van der Waals surface area (Å²) in [5, 5.41) is 0. The molecule has 0 radical (unpaired) electrons. The number of hydrogen-bond donors (Lipinski definition) is 1. The van der Waals surface area contributed by atoms with Crippen molar-refractivity contribution >= 4 is 33.0 Å². The molecule has 0 spiro atoms. The van der Waals surface area contributed by atoms with E-state index in [4.69, 9.17) is 5.73 Å². The smallest absolute Gasteiger partial charge is 0.202 e. The second kappa shape index (κ2) is 5.72. The number of nitrogen functional groups attached to an aromatic ring is 1. The molecule has 108 valence electrons. The summed E-state index contributed by atoms with van der Waals surface area (Å²) in [6, 6.07) is 2.41. The van der Waals surface area contributed by atoms with E-state index in [1.807, 2.05) is 12.3 Å². The Balaban J connectivity index is 2.04. The maximum Gasteiger partial charge on any atom is 0.202 e. The lowest BCUT2D eigenvalue weighted by molar-refractivity contribution is 0.248. The first-order valence-electron chi connectivity index (χ1n) is 7.49. The fourth-order valence-electron chi connectivity index (χ4n) is 3.55. The van der Waals surface area contributed by atoms with Gasteiger partial charge in [0.25, 0.3) is 0 Å². The van der Waals surface area contributed by atoms with E-state index in [0.717, 1.165) is 22.1 Å². The second-order valence-electron chi connectivity index (χ2n) is 5.71.